The quantitative estimate of drug-likeness (QED) is 0.674. The summed E-state index contributed by atoms with van der Waals surface area (Å²) in [6.45, 7) is 4.30. The van der Waals surface area contributed by atoms with E-state index in [1.807, 2.05) is 6.92 Å². The highest BCUT2D eigenvalue weighted by molar-refractivity contribution is 5.87. The van der Waals surface area contributed by atoms with E-state index < -0.39 is 0 Å². The van der Waals surface area contributed by atoms with E-state index in [1.54, 1.807) is 42.2 Å². The van der Waals surface area contributed by atoms with Crippen LogP contribution in [0.1, 0.15) is 32.6 Å². The SMILES string of the molecule is CCN1CCN(C(=O)[C@H]2CC[C@H](Cn3c(=O)c4cc(OC)ccc4n(C)c3=O)CC2)CC1=O. The molecule has 9 nitrogen and oxygen atoms in total. The molecule has 0 atom stereocenters. The number of carbonyl (C=O) groups is 2. The third-order valence-corrected chi connectivity index (χ3v) is 7.21. The number of carbonyl (C=O) groups excluding carboxylic acids is 2. The van der Waals surface area contributed by atoms with E-state index in [9.17, 15) is 19.2 Å². The Morgan fingerprint density at radius 2 is 1.82 bits per heavy atom. The number of hydrogen-bond acceptors (Lipinski definition) is 5. The Morgan fingerprint density at radius 1 is 1.09 bits per heavy atom. The van der Waals surface area contributed by atoms with Crippen LogP contribution in [-0.4, -0.2) is 64.0 Å². The number of amides is 2. The fourth-order valence-electron chi connectivity index (χ4n) is 5.12. The van der Waals surface area contributed by atoms with Crippen molar-refractivity contribution < 1.29 is 14.3 Å². The second-order valence-electron chi connectivity index (χ2n) is 9.09. The Morgan fingerprint density at radius 3 is 2.45 bits per heavy atom. The Hall–Kier alpha value is -3.10. The molecule has 2 aromatic rings. The molecule has 2 aliphatic rings. The average molecular weight is 457 g/mol. The summed E-state index contributed by atoms with van der Waals surface area (Å²) < 4.78 is 8.06. The van der Waals surface area contributed by atoms with Crippen LogP contribution in [0.25, 0.3) is 10.9 Å². The van der Waals surface area contributed by atoms with Crippen molar-refractivity contribution in [3.05, 3.63) is 39.0 Å². The molecule has 0 bridgehead atoms. The van der Waals surface area contributed by atoms with Crippen molar-refractivity contribution >= 4 is 22.7 Å². The zero-order chi connectivity index (χ0) is 23.7. The van der Waals surface area contributed by atoms with Crippen molar-refractivity contribution in [2.24, 2.45) is 18.9 Å². The highest BCUT2D eigenvalue weighted by Crippen LogP contribution is 2.31. The van der Waals surface area contributed by atoms with Gasteiger partial charge in [0, 0.05) is 39.1 Å². The fourth-order valence-corrected chi connectivity index (χ4v) is 5.12. The van der Waals surface area contributed by atoms with Crippen molar-refractivity contribution in [2.75, 3.05) is 33.3 Å². The van der Waals surface area contributed by atoms with E-state index in [0.717, 1.165) is 12.8 Å². The lowest BCUT2D eigenvalue weighted by molar-refractivity contribution is -0.148. The number of likely N-dealkylation sites (N-methyl/N-ethyl adjacent to an activating group) is 1. The van der Waals surface area contributed by atoms with Crippen molar-refractivity contribution in [2.45, 2.75) is 39.2 Å². The first kappa shape index (κ1) is 23.1. The number of benzene rings is 1. The number of fused-ring (bicyclic) bond motifs is 1. The van der Waals surface area contributed by atoms with E-state index >= 15 is 0 Å². The van der Waals surface area contributed by atoms with Crippen LogP contribution in [0, 0.1) is 11.8 Å². The Labute approximate surface area is 192 Å². The number of aromatic nitrogens is 2. The summed E-state index contributed by atoms with van der Waals surface area (Å²) in [5, 5.41) is 0.455. The number of nitrogens with zero attached hydrogens (tertiary/aromatic N) is 4. The third-order valence-electron chi connectivity index (χ3n) is 7.21. The molecule has 178 valence electrons. The molecule has 1 aliphatic carbocycles. The molecular formula is C24H32N4O5. The number of aryl methyl sites for hydroxylation is 1. The van der Waals surface area contributed by atoms with E-state index in [4.69, 9.17) is 4.74 Å². The van der Waals surface area contributed by atoms with Gasteiger partial charge in [0.05, 0.1) is 24.6 Å². The molecule has 1 aromatic heterocycles. The summed E-state index contributed by atoms with van der Waals surface area (Å²) in [6, 6.07) is 5.13. The lowest BCUT2D eigenvalue weighted by Gasteiger charge is -2.37. The minimum Gasteiger partial charge on any atom is -0.497 e. The Kier molecular flexibility index (Phi) is 6.58. The summed E-state index contributed by atoms with van der Waals surface area (Å²) >= 11 is 0. The van der Waals surface area contributed by atoms with Crippen LogP contribution in [0.3, 0.4) is 0 Å². The zero-order valence-electron chi connectivity index (χ0n) is 19.6. The minimum atomic E-state index is -0.330. The molecule has 1 aromatic carbocycles. The summed E-state index contributed by atoms with van der Waals surface area (Å²) in [7, 11) is 3.21. The smallest absolute Gasteiger partial charge is 0.331 e. The van der Waals surface area contributed by atoms with Gasteiger partial charge in [-0.15, -0.1) is 0 Å². The molecular weight excluding hydrogens is 424 g/mol. The maximum atomic E-state index is 13.1. The second-order valence-corrected chi connectivity index (χ2v) is 9.09. The molecule has 1 saturated carbocycles. The normalized spacial score (nSPS) is 21.5. The van der Waals surface area contributed by atoms with E-state index in [-0.39, 0.29) is 41.4 Å². The van der Waals surface area contributed by atoms with Crippen LogP contribution in [0.5, 0.6) is 5.75 Å². The van der Waals surface area contributed by atoms with Gasteiger partial charge >= 0.3 is 5.69 Å². The van der Waals surface area contributed by atoms with Gasteiger partial charge in [-0.1, -0.05) is 0 Å². The number of rotatable bonds is 5. The van der Waals surface area contributed by atoms with Gasteiger partial charge in [0.1, 0.15) is 5.75 Å². The van der Waals surface area contributed by atoms with Crippen molar-refractivity contribution in [1.82, 2.24) is 18.9 Å². The zero-order valence-corrected chi connectivity index (χ0v) is 19.6. The molecule has 4 rings (SSSR count). The van der Waals surface area contributed by atoms with Gasteiger partial charge in [0.15, 0.2) is 0 Å². The van der Waals surface area contributed by atoms with Crippen LogP contribution in [-0.2, 0) is 23.2 Å². The van der Waals surface area contributed by atoms with Crippen molar-refractivity contribution in [3.8, 4) is 5.75 Å². The molecule has 0 spiro atoms. The molecule has 2 fully saturated rings. The first-order valence-corrected chi connectivity index (χ1v) is 11.7. The second kappa shape index (κ2) is 9.41. The Bertz CT molecular complexity index is 1180. The van der Waals surface area contributed by atoms with Gasteiger partial charge < -0.3 is 14.5 Å². The van der Waals surface area contributed by atoms with Gasteiger partial charge in [-0.05, 0) is 56.7 Å². The van der Waals surface area contributed by atoms with Crippen LogP contribution < -0.4 is 16.0 Å². The molecule has 0 radical (unpaired) electrons. The lowest BCUT2D eigenvalue weighted by atomic mass is 9.81. The maximum Gasteiger partial charge on any atom is 0.331 e. The molecule has 1 aliphatic heterocycles. The predicted octanol–water partition coefficient (Wildman–Crippen LogP) is 1.21. The maximum absolute atomic E-state index is 13.1. The van der Waals surface area contributed by atoms with E-state index in [1.165, 1.54) is 9.13 Å². The van der Waals surface area contributed by atoms with E-state index in [0.29, 0.717) is 55.7 Å². The number of piperazine rings is 1. The van der Waals surface area contributed by atoms with Crippen LogP contribution >= 0.6 is 0 Å². The largest absolute Gasteiger partial charge is 0.497 e. The van der Waals surface area contributed by atoms with Gasteiger partial charge in [0.2, 0.25) is 11.8 Å². The summed E-state index contributed by atoms with van der Waals surface area (Å²) in [5.74, 6) is 0.697. The molecule has 2 heterocycles. The first-order chi connectivity index (χ1) is 15.8. The summed E-state index contributed by atoms with van der Waals surface area (Å²) in [4.78, 5) is 54.6. The summed E-state index contributed by atoms with van der Waals surface area (Å²) in [6.07, 6.45) is 2.96. The summed E-state index contributed by atoms with van der Waals surface area (Å²) in [5.41, 5.74) is -0.0604. The lowest BCUT2D eigenvalue weighted by Crippen LogP contribution is -2.53. The first-order valence-electron chi connectivity index (χ1n) is 11.7. The average Bonchev–Trinajstić information content (AvgIpc) is 2.84. The van der Waals surface area contributed by atoms with E-state index in [2.05, 4.69) is 0 Å². The molecule has 0 N–H and O–H groups in total. The molecule has 2 amide bonds. The number of methoxy groups -OCH3 is 1. The minimum absolute atomic E-state index is 0.00828. The van der Waals surface area contributed by atoms with Crippen molar-refractivity contribution in [1.29, 1.82) is 0 Å². The molecule has 33 heavy (non-hydrogen) atoms. The molecule has 9 heteroatoms. The topological polar surface area (TPSA) is 93.8 Å². The molecule has 0 unspecified atom stereocenters. The molecule has 1 saturated heterocycles. The number of ether oxygens (including phenoxy) is 1. The van der Waals surface area contributed by atoms with Crippen LogP contribution in [0.4, 0.5) is 0 Å². The van der Waals surface area contributed by atoms with Crippen molar-refractivity contribution in [3.63, 3.8) is 0 Å². The predicted molar refractivity (Wildman–Crippen MR) is 124 cm³/mol. The third kappa shape index (κ3) is 4.41. The van der Waals surface area contributed by atoms with Crippen LogP contribution in [0.15, 0.2) is 27.8 Å². The fraction of sp³-hybridized carbons (Fsp3) is 0.583. The highest BCUT2D eigenvalue weighted by Gasteiger charge is 2.33. The standard InChI is InChI=1S/C24H32N4O5/c1-4-26-11-12-27(15-21(26)29)22(30)17-7-5-16(6-8-17)14-28-23(31)19-13-18(33-3)9-10-20(19)25(2)24(28)32/h9-10,13,16-17H,4-8,11-12,14-15H2,1-3H3/t16-,17-. The highest BCUT2D eigenvalue weighted by atomic mass is 16.5. The van der Waals surface area contributed by atoms with Gasteiger partial charge in [-0.3, -0.25) is 23.5 Å². The Balaban J connectivity index is 1.44. The van der Waals surface area contributed by atoms with Gasteiger partial charge in [0.25, 0.3) is 5.56 Å². The number of hydrogen-bond donors (Lipinski definition) is 0. The van der Waals surface area contributed by atoms with Gasteiger partial charge in [-0.25, -0.2) is 4.79 Å². The van der Waals surface area contributed by atoms with Gasteiger partial charge in [-0.2, -0.15) is 0 Å². The monoisotopic (exact) mass is 456 g/mol. The van der Waals surface area contributed by atoms with Crippen LogP contribution in [0.2, 0.25) is 0 Å².